The molecule has 2 aromatic rings. The van der Waals surface area contributed by atoms with Gasteiger partial charge in [0.15, 0.2) is 0 Å². The number of fused-ring (bicyclic) bond motifs is 5. The first kappa shape index (κ1) is 14.6. The Balaban J connectivity index is 1.73. The normalized spacial score (nSPS) is 33.7. The highest BCUT2D eigenvalue weighted by atomic mass is 16.6. The molecule has 24 heavy (non-hydrogen) atoms. The molecule has 1 saturated carbocycles. The van der Waals surface area contributed by atoms with Crippen molar-refractivity contribution in [1.29, 1.82) is 0 Å². The number of hydrogen-bond donors (Lipinski definition) is 1. The van der Waals surface area contributed by atoms with E-state index in [1.807, 2.05) is 0 Å². The molecule has 1 N–H and O–H groups in total. The summed E-state index contributed by atoms with van der Waals surface area (Å²) in [6.45, 7) is 0.0567. The third-order valence-corrected chi connectivity index (χ3v) is 6.27. The minimum Gasteiger partial charge on any atom is -0.392 e. The third-order valence-electron chi connectivity index (χ3n) is 6.27. The monoisotopic (exact) mass is 321 g/mol. The van der Waals surface area contributed by atoms with Gasteiger partial charge in [-0.15, -0.1) is 0 Å². The van der Waals surface area contributed by atoms with E-state index >= 15 is 0 Å². The largest absolute Gasteiger partial charge is 0.392 e. The van der Waals surface area contributed by atoms with Gasteiger partial charge in [0.05, 0.1) is 12.6 Å². The lowest BCUT2D eigenvalue weighted by Gasteiger charge is -2.39. The summed E-state index contributed by atoms with van der Waals surface area (Å²) in [6, 6.07) is 22.1. The molecule has 2 saturated heterocycles. The van der Waals surface area contributed by atoms with E-state index in [0.717, 1.165) is 0 Å². The first-order valence-electron chi connectivity index (χ1n) is 9.02. The molecule has 0 amide bonds. The quantitative estimate of drug-likeness (QED) is 0.943. The molecule has 3 fully saturated rings. The van der Waals surface area contributed by atoms with Crippen LogP contribution >= 0.6 is 0 Å². The minimum absolute atomic E-state index is 0.0567. The Morgan fingerprint density at radius 2 is 1.58 bits per heavy atom. The van der Waals surface area contributed by atoms with Crippen LogP contribution in [0.25, 0.3) is 0 Å². The maximum Gasteiger partial charge on any atom is 0.136 e. The fourth-order valence-corrected chi connectivity index (χ4v) is 5.47. The van der Waals surface area contributed by atoms with Crippen LogP contribution in [0.2, 0.25) is 0 Å². The SMILES string of the molecule is OCC1OC(c2ccccc2)(c2ccccc2)C2C3CCC(C3)N12. The number of piperidine rings is 1. The molecule has 5 rings (SSSR count). The van der Waals surface area contributed by atoms with Crippen LogP contribution in [0.4, 0.5) is 0 Å². The number of benzene rings is 2. The lowest BCUT2D eigenvalue weighted by atomic mass is 9.75. The van der Waals surface area contributed by atoms with Crippen molar-refractivity contribution in [3.8, 4) is 0 Å². The highest BCUT2D eigenvalue weighted by Crippen LogP contribution is 2.58. The average Bonchev–Trinajstić information content (AvgIpc) is 3.35. The summed E-state index contributed by atoms with van der Waals surface area (Å²) in [4.78, 5) is 2.48. The second kappa shape index (κ2) is 5.41. The fourth-order valence-electron chi connectivity index (χ4n) is 5.47. The Kier molecular flexibility index (Phi) is 3.30. The van der Waals surface area contributed by atoms with Crippen molar-refractivity contribution in [2.75, 3.05) is 6.61 Å². The van der Waals surface area contributed by atoms with Crippen molar-refractivity contribution in [2.45, 2.75) is 43.2 Å². The van der Waals surface area contributed by atoms with Crippen molar-refractivity contribution >= 4 is 0 Å². The molecular weight excluding hydrogens is 298 g/mol. The van der Waals surface area contributed by atoms with E-state index in [9.17, 15) is 5.11 Å². The first-order chi connectivity index (χ1) is 11.8. The van der Waals surface area contributed by atoms with Gasteiger partial charge in [-0.3, -0.25) is 4.90 Å². The van der Waals surface area contributed by atoms with Gasteiger partial charge < -0.3 is 9.84 Å². The van der Waals surface area contributed by atoms with Crippen molar-refractivity contribution in [1.82, 2.24) is 4.90 Å². The van der Waals surface area contributed by atoms with E-state index in [4.69, 9.17) is 4.74 Å². The molecule has 3 nitrogen and oxygen atoms in total. The number of rotatable bonds is 3. The molecule has 0 radical (unpaired) electrons. The second-order valence-corrected chi connectivity index (χ2v) is 7.34. The Bertz CT molecular complexity index is 678. The van der Waals surface area contributed by atoms with Crippen molar-refractivity contribution in [3.05, 3.63) is 71.8 Å². The Hall–Kier alpha value is -1.68. The summed E-state index contributed by atoms with van der Waals surface area (Å²) in [5, 5.41) is 10.0. The van der Waals surface area contributed by atoms with Crippen molar-refractivity contribution in [2.24, 2.45) is 5.92 Å². The van der Waals surface area contributed by atoms with Gasteiger partial charge in [0.25, 0.3) is 0 Å². The standard InChI is InChI=1S/C21H23NO2/c23-14-19-22-18-12-11-15(13-18)20(22)21(24-19,16-7-3-1-4-8-16)17-9-5-2-6-10-17/h1-10,15,18-20,23H,11-14H2. The number of aliphatic hydroxyl groups excluding tert-OH is 1. The Labute approximate surface area is 142 Å². The lowest BCUT2D eigenvalue weighted by Crippen LogP contribution is -2.48. The maximum absolute atomic E-state index is 10.0. The van der Waals surface area contributed by atoms with E-state index in [-0.39, 0.29) is 12.8 Å². The molecule has 3 aliphatic rings. The molecule has 4 atom stereocenters. The van der Waals surface area contributed by atoms with Gasteiger partial charge in [0.1, 0.15) is 11.8 Å². The summed E-state index contributed by atoms with van der Waals surface area (Å²) in [5.41, 5.74) is 1.93. The highest BCUT2D eigenvalue weighted by molar-refractivity contribution is 5.41. The lowest BCUT2D eigenvalue weighted by molar-refractivity contribution is -0.0749. The van der Waals surface area contributed by atoms with Crippen LogP contribution < -0.4 is 0 Å². The summed E-state index contributed by atoms with van der Waals surface area (Å²) in [5.74, 6) is 0.645. The summed E-state index contributed by atoms with van der Waals surface area (Å²) >= 11 is 0. The summed E-state index contributed by atoms with van der Waals surface area (Å²) in [7, 11) is 0. The minimum atomic E-state index is -0.476. The number of aliphatic hydroxyl groups is 1. The van der Waals surface area contributed by atoms with Gasteiger partial charge in [-0.2, -0.15) is 0 Å². The predicted octanol–water partition coefficient (Wildman–Crippen LogP) is 3.13. The van der Waals surface area contributed by atoms with E-state index < -0.39 is 5.60 Å². The van der Waals surface area contributed by atoms with E-state index in [0.29, 0.717) is 18.0 Å². The van der Waals surface area contributed by atoms with E-state index in [2.05, 4.69) is 65.6 Å². The molecule has 2 aromatic carbocycles. The molecule has 4 unspecified atom stereocenters. The Morgan fingerprint density at radius 1 is 0.958 bits per heavy atom. The molecule has 2 heterocycles. The molecule has 0 aromatic heterocycles. The number of ether oxygens (including phenoxy) is 1. The summed E-state index contributed by atoms with van der Waals surface area (Å²) in [6.07, 6.45) is 3.55. The van der Waals surface area contributed by atoms with E-state index in [1.165, 1.54) is 30.4 Å². The summed E-state index contributed by atoms with van der Waals surface area (Å²) < 4.78 is 6.69. The van der Waals surface area contributed by atoms with Gasteiger partial charge in [-0.1, -0.05) is 60.7 Å². The highest BCUT2D eigenvalue weighted by Gasteiger charge is 2.64. The smallest absolute Gasteiger partial charge is 0.136 e. The number of hydrogen-bond acceptors (Lipinski definition) is 3. The first-order valence-corrected chi connectivity index (χ1v) is 9.02. The Morgan fingerprint density at radius 3 is 2.17 bits per heavy atom. The molecule has 124 valence electrons. The zero-order chi connectivity index (χ0) is 16.1. The van der Waals surface area contributed by atoms with Crippen LogP contribution in [-0.4, -0.2) is 34.9 Å². The van der Waals surface area contributed by atoms with Gasteiger partial charge in [0, 0.05) is 6.04 Å². The van der Waals surface area contributed by atoms with Crippen LogP contribution in [0, 0.1) is 5.92 Å². The van der Waals surface area contributed by atoms with E-state index in [1.54, 1.807) is 0 Å². The predicted molar refractivity (Wildman–Crippen MR) is 92.4 cm³/mol. The topological polar surface area (TPSA) is 32.7 Å². The van der Waals surface area contributed by atoms with Crippen LogP contribution in [0.5, 0.6) is 0 Å². The second-order valence-electron chi connectivity index (χ2n) is 7.34. The van der Waals surface area contributed by atoms with Crippen LogP contribution in [0.15, 0.2) is 60.7 Å². The van der Waals surface area contributed by atoms with Crippen LogP contribution in [0.1, 0.15) is 30.4 Å². The molecule has 0 spiro atoms. The van der Waals surface area contributed by atoms with Gasteiger partial charge in [-0.05, 0) is 36.3 Å². The zero-order valence-corrected chi connectivity index (χ0v) is 13.7. The van der Waals surface area contributed by atoms with Crippen LogP contribution in [0.3, 0.4) is 0 Å². The number of nitrogens with zero attached hydrogens (tertiary/aromatic N) is 1. The zero-order valence-electron chi connectivity index (χ0n) is 13.7. The molecule has 1 aliphatic carbocycles. The average molecular weight is 321 g/mol. The third kappa shape index (κ3) is 1.83. The van der Waals surface area contributed by atoms with Crippen LogP contribution in [-0.2, 0) is 10.3 Å². The van der Waals surface area contributed by atoms with Crippen molar-refractivity contribution < 1.29 is 9.84 Å². The van der Waals surface area contributed by atoms with Crippen molar-refractivity contribution in [3.63, 3.8) is 0 Å². The molecular formula is C21H23NO2. The van der Waals surface area contributed by atoms with Gasteiger partial charge >= 0.3 is 0 Å². The van der Waals surface area contributed by atoms with Gasteiger partial charge in [-0.25, -0.2) is 0 Å². The molecule has 2 aliphatic heterocycles. The van der Waals surface area contributed by atoms with Gasteiger partial charge in [0.2, 0.25) is 0 Å². The molecule has 3 heteroatoms. The molecule has 2 bridgehead atoms. The maximum atomic E-state index is 10.0. The fraction of sp³-hybridized carbons (Fsp3) is 0.429.